The van der Waals surface area contributed by atoms with Crippen LogP contribution >= 0.6 is 0 Å². The van der Waals surface area contributed by atoms with Crippen LogP contribution in [0.1, 0.15) is 26.7 Å². The highest BCUT2D eigenvalue weighted by Gasteiger charge is 2.26. The van der Waals surface area contributed by atoms with Crippen molar-refractivity contribution in [2.24, 2.45) is 11.8 Å². The van der Waals surface area contributed by atoms with Crippen LogP contribution in [0.25, 0.3) is 0 Å². The molecule has 2 rings (SSSR count). The molecule has 0 aromatic heterocycles. The van der Waals surface area contributed by atoms with Gasteiger partial charge in [0.25, 0.3) is 0 Å². The topological polar surface area (TPSA) is 47.6 Å². The highest BCUT2D eigenvalue weighted by atomic mass is 19.1. The molecule has 1 aromatic carbocycles. The number of hydrogen-bond acceptors (Lipinski definition) is 3. The van der Waals surface area contributed by atoms with Crippen LogP contribution in [0.5, 0.6) is 5.75 Å². The van der Waals surface area contributed by atoms with Crippen molar-refractivity contribution in [2.45, 2.75) is 26.7 Å². The molecule has 0 unspecified atom stereocenters. The first-order chi connectivity index (χ1) is 10.1. The molecule has 0 radical (unpaired) electrons. The van der Waals surface area contributed by atoms with Crippen LogP contribution < -0.4 is 10.1 Å². The summed E-state index contributed by atoms with van der Waals surface area (Å²) in [4.78, 5) is 12.2. The van der Waals surface area contributed by atoms with Gasteiger partial charge < -0.3 is 14.8 Å². The zero-order valence-corrected chi connectivity index (χ0v) is 12.5. The van der Waals surface area contributed by atoms with Gasteiger partial charge in [0.05, 0.1) is 6.61 Å². The third-order valence-electron chi connectivity index (χ3n) is 3.89. The molecular weight excluding hydrogens is 273 g/mol. The van der Waals surface area contributed by atoms with Gasteiger partial charge in [0.1, 0.15) is 0 Å². The Kier molecular flexibility index (Phi) is 5.56. The fourth-order valence-corrected chi connectivity index (χ4v) is 2.54. The average Bonchev–Trinajstić information content (AvgIpc) is 2.50. The lowest BCUT2D eigenvalue weighted by Gasteiger charge is -2.27. The maximum atomic E-state index is 13.8. The largest absolute Gasteiger partial charge is 0.491 e. The zero-order chi connectivity index (χ0) is 15.2. The number of anilines is 1. The molecule has 1 amide bonds. The minimum Gasteiger partial charge on any atom is -0.491 e. The van der Waals surface area contributed by atoms with Crippen molar-refractivity contribution in [1.29, 1.82) is 0 Å². The van der Waals surface area contributed by atoms with Crippen molar-refractivity contribution in [1.82, 2.24) is 0 Å². The third-order valence-corrected chi connectivity index (χ3v) is 3.89. The predicted molar refractivity (Wildman–Crippen MR) is 78.9 cm³/mol. The first kappa shape index (κ1) is 15.8. The van der Waals surface area contributed by atoms with Gasteiger partial charge in [0, 0.05) is 30.9 Å². The molecule has 1 fully saturated rings. The molecule has 1 N–H and O–H groups in total. The summed E-state index contributed by atoms with van der Waals surface area (Å²) in [5.74, 6) is -0.123. The lowest BCUT2D eigenvalue weighted by atomic mass is 9.87. The van der Waals surface area contributed by atoms with Crippen LogP contribution in [0, 0.1) is 17.7 Å². The lowest BCUT2D eigenvalue weighted by molar-refractivity contribution is -0.122. The molecule has 1 aliphatic rings. The summed E-state index contributed by atoms with van der Waals surface area (Å²) >= 11 is 0. The molecule has 1 saturated heterocycles. The van der Waals surface area contributed by atoms with E-state index in [0.717, 1.165) is 12.8 Å². The Morgan fingerprint density at radius 3 is 2.81 bits per heavy atom. The Hall–Kier alpha value is -1.62. The Morgan fingerprint density at radius 2 is 2.19 bits per heavy atom. The number of carbonyl (C=O) groups is 1. The van der Waals surface area contributed by atoms with E-state index in [4.69, 9.17) is 9.47 Å². The van der Waals surface area contributed by atoms with E-state index in [2.05, 4.69) is 5.32 Å². The van der Waals surface area contributed by atoms with Gasteiger partial charge in [-0.25, -0.2) is 4.39 Å². The van der Waals surface area contributed by atoms with E-state index in [0.29, 0.717) is 31.4 Å². The SMILES string of the molecule is CCOc1ccc(NC(=O)[C@@H](C)C2CCOCC2)cc1F. The second-order valence-corrected chi connectivity index (χ2v) is 5.31. The molecule has 0 spiro atoms. The van der Waals surface area contributed by atoms with Crippen molar-refractivity contribution in [3.05, 3.63) is 24.0 Å². The third kappa shape index (κ3) is 4.17. The minimum atomic E-state index is -0.464. The Balaban J connectivity index is 1.96. The molecule has 21 heavy (non-hydrogen) atoms. The molecule has 116 valence electrons. The van der Waals surface area contributed by atoms with Gasteiger partial charge in [-0.2, -0.15) is 0 Å². The highest BCUT2D eigenvalue weighted by molar-refractivity contribution is 5.92. The monoisotopic (exact) mass is 295 g/mol. The Bertz CT molecular complexity index is 486. The van der Waals surface area contributed by atoms with E-state index in [9.17, 15) is 9.18 Å². The number of hydrogen-bond donors (Lipinski definition) is 1. The van der Waals surface area contributed by atoms with Crippen LogP contribution in [-0.4, -0.2) is 25.7 Å². The van der Waals surface area contributed by atoms with E-state index in [1.165, 1.54) is 12.1 Å². The van der Waals surface area contributed by atoms with E-state index < -0.39 is 5.82 Å². The maximum absolute atomic E-state index is 13.8. The Morgan fingerprint density at radius 1 is 1.48 bits per heavy atom. The summed E-state index contributed by atoms with van der Waals surface area (Å²) in [5.41, 5.74) is 0.458. The quantitative estimate of drug-likeness (QED) is 0.907. The molecule has 1 aromatic rings. The molecule has 0 bridgehead atoms. The van der Waals surface area contributed by atoms with E-state index in [-0.39, 0.29) is 17.6 Å². The van der Waals surface area contributed by atoms with Gasteiger partial charge in [-0.1, -0.05) is 6.92 Å². The molecule has 0 saturated carbocycles. The second-order valence-electron chi connectivity index (χ2n) is 5.31. The van der Waals surface area contributed by atoms with Gasteiger partial charge in [0.15, 0.2) is 11.6 Å². The summed E-state index contributed by atoms with van der Waals surface area (Å²) in [6.45, 7) is 5.53. The number of amides is 1. The first-order valence-electron chi connectivity index (χ1n) is 7.42. The van der Waals surface area contributed by atoms with E-state index >= 15 is 0 Å². The van der Waals surface area contributed by atoms with Crippen molar-refractivity contribution >= 4 is 11.6 Å². The number of benzene rings is 1. The standard InChI is InChI=1S/C16H22FNO3/c1-3-21-15-5-4-13(10-14(15)17)18-16(19)11(2)12-6-8-20-9-7-12/h4-5,10-12H,3,6-9H2,1-2H3,(H,18,19)/t11-/m0/s1. The number of nitrogens with one attached hydrogen (secondary N) is 1. The maximum Gasteiger partial charge on any atom is 0.227 e. The predicted octanol–water partition coefficient (Wildman–Crippen LogP) is 3.23. The molecule has 4 nitrogen and oxygen atoms in total. The zero-order valence-electron chi connectivity index (χ0n) is 12.5. The summed E-state index contributed by atoms with van der Waals surface area (Å²) < 4.78 is 24.2. The van der Waals surface area contributed by atoms with Crippen LogP contribution in [0.4, 0.5) is 10.1 Å². The van der Waals surface area contributed by atoms with Crippen molar-refractivity contribution < 1.29 is 18.7 Å². The minimum absolute atomic E-state index is 0.0783. The molecule has 5 heteroatoms. The van der Waals surface area contributed by atoms with Gasteiger partial charge >= 0.3 is 0 Å². The van der Waals surface area contributed by atoms with Gasteiger partial charge in [-0.3, -0.25) is 4.79 Å². The number of carbonyl (C=O) groups excluding carboxylic acids is 1. The normalized spacial score (nSPS) is 17.3. The summed E-state index contributed by atoms with van der Waals surface area (Å²) in [7, 11) is 0. The fourth-order valence-electron chi connectivity index (χ4n) is 2.54. The van der Waals surface area contributed by atoms with Crippen LogP contribution in [0.2, 0.25) is 0 Å². The van der Waals surface area contributed by atoms with Crippen LogP contribution in [0.15, 0.2) is 18.2 Å². The lowest BCUT2D eigenvalue weighted by Crippen LogP contribution is -2.30. The van der Waals surface area contributed by atoms with Crippen molar-refractivity contribution in [3.63, 3.8) is 0 Å². The first-order valence-corrected chi connectivity index (χ1v) is 7.42. The van der Waals surface area contributed by atoms with Crippen LogP contribution in [0.3, 0.4) is 0 Å². The van der Waals surface area contributed by atoms with Crippen LogP contribution in [-0.2, 0) is 9.53 Å². The fraction of sp³-hybridized carbons (Fsp3) is 0.562. The van der Waals surface area contributed by atoms with Gasteiger partial charge in [-0.05, 0) is 37.8 Å². The van der Waals surface area contributed by atoms with Crippen molar-refractivity contribution in [3.8, 4) is 5.75 Å². The molecule has 1 aliphatic heterocycles. The summed E-state index contributed by atoms with van der Waals surface area (Å²) in [5, 5.41) is 2.77. The van der Waals surface area contributed by atoms with E-state index in [1.807, 2.05) is 6.92 Å². The molecule has 1 heterocycles. The number of ether oxygens (including phenoxy) is 2. The van der Waals surface area contributed by atoms with Crippen molar-refractivity contribution in [2.75, 3.05) is 25.1 Å². The Labute approximate surface area is 124 Å². The molecular formula is C16H22FNO3. The number of rotatable bonds is 5. The summed E-state index contributed by atoms with van der Waals surface area (Å²) in [6.07, 6.45) is 1.79. The van der Waals surface area contributed by atoms with Gasteiger partial charge in [0.2, 0.25) is 5.91 Å². The smallest absolute Gasteiger partial charge is 0.227 e. The second kappa shape index (κ2) is 7.41. The van der Waals surface area contributed by atoms with Gasteiger partial charge in [-0.15, -0.1) is 0 Å². The highest BCUT2D eigenvalue weighted by Crippen LogP contribution is 2.26. The van der Waals surface area contributed by atoms with E-state index in [1.54, 1.807) is 13.0 Å². The molecule has 0 aliphatic carbocycles. The molecule has 1 atom stereocenters. The number of halogens is 1. The summed E-state index contributed by atoms with van der Waals surface area (Å²) in [6, 6.07) is 4.48. The average molecular weight is 295 g/mol.